The summed E-state index contributed by atoms with van der Waals surface area (Å²) in [6.45, 7) is 3.70. The third-order valence-corrected chi connectivity index (χ3v) is 3.45. The summed E-state index contributed by atoms with van der Waals surface area (Å²) >= 11 is 0. The van der Waals surface area contributed by atoms with Crippen molar-refractivity contribution in [3.63, 3.8) is 0 Å². The van der Waals surface area contributed by atoms with E-state index in [1.165, 1.54) is 12.0 Å². The average Bonchev–Trinajstić information content (AvgIpc) is 2.34. The number of carbonyl (C=O) groups excluding carboxylic acids is 1. The molecule has 0 unspecified atom stereocenters. The van der Waals surface area contributed by atoms with Crippen LogP contribution in [0, 0.1) is 6.92 Å². The summed E-state index contributed by atoms with van der Waals surface area (Å²) < 4.78 is 35.6. The zero-order chi connectivity index (χ0) is 15.3. The number of nitrogens with zero attached hydrogens (tertiary/aromatic N) is 1. The average molecular weight is 301 g/mol. The Morgan fingerprint density at radius 3 is 2.55 bits per heavy atom. The maximum absolute atomic E-state index is 12.1. The molecule has 0 saturated heterocycles. The molecule has 1 amide bonds. The Kier molecular flexibility index (Phi) is 5.67. The van der Waals surface area contributed by atoms with E-state index in [-0.39, 0.29) is 6.73 Å². The van der Waals surface area contributed by atoms with Gasteiger partial charge < -0.3 is 4.74 Å². The molecule has 0 radical (unpaired) electrons. The number of hydrogen-bond acceptors (Lipinski definition) is 4. The Morgan fingerprint density at radius 2 is 2.05 bits per heavy atom. The molecular formula is C13H19NO5S. The number of rotatable bonds is 6. The highest BCUT2D eigenvalue weighted by Crippen LogP contribution is 2.26. The summed E-state index contributed by atoms with van der Waals surface area (Å²) in [6.07, 6.45) is 0.691. The Hall–Kier alpha value is -1.44. The first-order valence-corrected chi connectivity index (χ1v) is 7.74. The lowest BCUT2D eigenvalue weighted by Gasteiger charge is -2.25. The van der Waals surface area contributed by atoms with Gasteiger partial charge in [-0.15, -0.1) is 0 Å². The number of carbonyl (C=O) groups is 1. The van der Waals surface area contributed by atoms with E-state index in [9.17, 15) is 13.2 Å². The number of anilines is 1. The number of aryl methyl sites for hydroxylation is 2. The molecule has 1 N–H and O–H groups in total. The van der Waals surface area contributed by atoms with Crippen molar-refractivity contribution in [3.05, 3.63) is 29.3 Å². The normalized spacial score (nSPS) is 11.4. The van der Waals surface area contributed by atoms with Gasteiger partial charge in [-0.05, 0) is 24.5 Å². The Labute approximate surface area is 119 Å². The van der Waals surface area contributed by atoms with Crippen molar-refractivity contribution in [1.82, 2.24) is 0 Å². The third kappa shape index (κ3) is 4.29. The van der Waals surface area contributed by atoms with Crippen molar-refractivity contribution in [2.24, 2.45) is 0 Å². The molecule has 7 heteroatoms. The fourth-order valence-electron chi connectivity index (χ4n) is 2.02. The minimum Gasteiger partial charge on any atom is -0.364 e. The van der Waals surface area contributed by atoms with Gasteiger partial charge in [0.15, 0.2) is 5.75 Å². The second-order valence-corrected chi connectivity index (χ2v) is 5.85. The van der Waals surface area contributed by atoms with E-state index >= 15 is 0 Å². The third-order valence-electron chi connectivity index (χ3n) is 2.84. The highest BCUT2D eigenvalue weighted by Gasteiger charge is 2.24. The monoisotopic (exact) mass is 301 g/mol. The molecule has 0 fully saturated rings. The fourth-order valence-corrected chi connectivity index (χ4v) is 2.48. The second-order valence-electron chi connectivity index (χ2n) is 4.40. The van der Waals surface area contributed by atoms with Gasteiger partial charge in [-0.2, -0.15) is 8.42 Å². The standard InChI is InChI=1S/C13H19NO5S/c1-4-11-7-5-6-10(2)13(11)14(9-19-3)12(15)8-20(16,17)18/h5-7H,4,8-9H2,1-3H3,(H,16,17,18). The molecule has 1 aromatic carbocycles. The molecule has 0 spiro atoms. The molecule has 0 aromatic heterocycles. The molecular weight excluding hydrogens is 282 g/mol. The molecule has 1 rings (SSSR count). The number of para-hydroxylation sites is 1. The first kappa shape index (κ1) is 16.6. The summed E-state index contributed by atoms with van der Waals surface area (Å²) in [5, 5.41) is 0. The van der Waals surface area contributed by atoms with E-state index in [4.69, 9.17) is 9.29 Å². The quantitative estimate of drug-likeness (QED) is 0.634. The lowest BCUT2D eigenvalue weighted by molar-refractivity contribution is -0.117. The SMILES string of the molecule is CCc1cccc(C)c1N(COC)C(=O)CS(=O)(=O)O. The van der Waals surface area contributed by atoms with Crippen LogP contribution in [-0.4, -0.2) is 38.5 Å². The van der Waals surface area contributed by atoms with Crippen LogP contribution in [0.2, 0.25) is 0 Å². The smallest absolute Gasteiger partial charge is 0.274 e. The van der Waals surface area contributed by atoms with Crippen molar-refractivity contribution < 1.29 is 22.5 Å². The van der Waals surface area contributed by atoms with Crippen LogP contribution in [0.1, 0.15) is 18.1 Å². The van der Waals surface area contributed by atoms with Crippen LogP contribution >= 0.6 is 0 Å². The molecule has 0 aliphatic rings. The van der Waals surface area contributed by atoms with Gasteiger partial charge in [0.25, 0.3) is 10.1 Å². The van der Waals surface area contributed by atoms with Crippen LogP contribution in [0.15, 0.2) is 18.2 Å². The number of amides is 1. The second kappa shape index (κ2) is 6.83. The van der Waals surface area contributed by atoms with Gasteiger partial charge in [0.1, 0.15) is 6.73 Å². The van der Waals surface area contributed by atoms with E-state index in [1.54, 1.807) is 0 Å². The fraction of sp³-hybridized carbons (Fsp3) is 0.462. The molecule has 20 heavy (non-hydrogen) atoms. The van der Waals surface area contributed by atoms with E-state index in [1.807, 2.05) is 32.0 Å². The topological polar surface area (TPSA) is 83.9 Å². The lowest BCUT2D eigenvalue weighted by Crippen LogP contribution is -2.38. The first-order chi connectivity index (χ1) is 9.30. The molecule has 0 saturated carbocycles. The molecule has 1 aromatic rings. The van der Waals surface area contributed by atoms with Crippen LogP contribution < -0.4 is 4.90 Å². The summed E-state index contributed by atoms with van der Waals surface area (Å²) in [5.74, 6) is -1.69. The highest BCUT2D eigenvalue weighted by molar-refractivity contribution is 7.86. The molecule has 6 nitrogen and oxygen atoms in total. The van der Waals surface area contributed by atoms with E-state index < -0.39 is 21.8 Å². The zero-order valence-electron chi connectivity index (χ0n) is 11.8. The number of ether oxygens (including phenoxy) is 1. The molecule has 0 atom stereocenters. The number of hydrogen-bond donors (Lipinski definition) is 1. The van der Waals surface area contributed by atoms with Crippen LogP contribution in [0.4, 0.5) is 5.69 Å². The maximum Gasteiger partial charge on any atom is 0.274 e. The van der Waals surface area contributed by atoms with E-state index in [0.717, 1.165) is 11.1 Å². The van der Waals surface area contributed by atoms with Gasteiger partial charge in [-0.3, -0.25) is 14.2 Å². The van der Waals surface area contributed by atoms with Crippen molar-refractivity contribution >= 4 is 21.7 Å². The van der Waals surface area contributed by atoms with Crippen LogP contribution in [0.5, 0.6) is 0 Å². The highest BCUT2D eigenvalue weighted by atomic mass is 32.2. The van der Waals surface area contributed by atoms with Gasteiger partial charge in [-0.1, -0.05) is 25.1 Å². The molecule has 0 aliphatic carbocycles. The Bertz CT molecular complexity index is 582. The minimum absolute atomic E-state index is 0.0772. The minimum atomic E-state index is -4.37. The number of methoxy groups -OCH3 is 1. The van der Waals surface area contributed by atoms with Crippen molar-refractivity contribution in [2.75, 3.05) is 24.5 Å². The predicted molar refractivity (Wildman–Crippen MR) is 76.3 cm³/mol. The summed E-state index contributed by atoms with van der Waals surface area (Å²) in [4.78, 5) is 13.3. The summed E-state index contributed by atoms with van der Waals surface area (Å²) in [6, 6.07) is 5.57. The van der Waals surface area contributed by atoms with Crippen LogP contribution in [-0.2, 0) is 26.1 Å². The van der Waals surface area contributed by atoms with Gasteiger partial charge in [0, 0.05) is 7.11 Å². The van der Waals surface area contributed by atoms with Crippen molar-refractivity contribution in [1.29, 1.82) is 0 Å². The van der Waals surface area contributed by atoms with Crippen LogP contribution in [0.25, 0.3) is 0 Å². The van der Waals surface area contributed by atoms with Gasteiger partial charge in [0.2, 0.25) is 5.91 Å². The summed E-state index contributed by atoms with van der Waals surface area (Å²) in [7, 11) is -2.96. The largest absolute Gasteiger partial charge is 0.364 e. The number of benzene rings is 1. The molecule has 0 aliphatic heterocycles. The van der Waals surface area contributed by atoms with E-state index in [0.29, 0.717) is 12.1 Å². The summed E-state index contributed by atoms with van der Waals surface area (Å²) in [5.41, 5.74) is 2.38. The Balaban J connectivity index is 3.24. The molecule has 112 valence electrons. The van der Waals surface area contributed by atoms with Crippen molar-refractivity contribution in [2.45, 2.75) is 20.3 Å². The van der Waals surface area contributed by atoms with Crippen molar-refractivity contribution in [3.8, 4) is 0 Å². The lowest BCUT2D eigenvalue weighted by atomic mass is 10.0. The van der Waals surface area contributed by atoms with Gasteiger partial charge in [-0.25, -0.2) is 0 Å². The zero-order valence-corrected chi connectivity index (χ0v) is 12.6. The maximum atomic E-state index is 12.1. The molecule has 0 heterocycles. The van der Waals surface area contributed by atoms with Gasteiger partial charge in [0.05, 0.1) is 5.69 Å². The van der Waals surface area contributed by atoms with Crippen LogP contribution in [0.3, 0.4) is 0 Å². The van der Waals surface area contributed by atoms with E-state index in [2.05, 4.69) is 0 Å². The van der Waals surface area contributed by atoms with Gasteiger partial charge >= 0.3 is 0 Å². The predicted octanol–water partition coefficient (Wildman–Crippen LogP) is 1.38. The first-order valence-electron chi connectivity index (χ1n) is 6.13. The molecule has 0 bridgehead atoms. The Morgan fingerprint density at radius 1 is 1.40 bits per heavy atom.